The molecule has 172 valence electrons. The number of nitrogens with zero attached hydrogens (tertiary/aromatic N) is 1. The quantitative estimate of drug-likeness (QED) is 0.203. The zero-order valence-electron chi connectivity index (χ0n) is 18.2. The van der Waals surface area contributed by atoms with Crippen molar-refractivity contribution < 1.29 is 13.5 Å². The summed E-state index contributed by atoms with van der Waals surface area (Å²) in [6, 6.07) is 17.2. The molecule has 4 N–H and O–H groups in total. The maximum atomic E-state index is 12.0. The van der Waals surface area contributed by atoms with Crippen molar-refractivity contribution in [3.63, 3.8) is 0 Å². The molecule has 31 heavy (non-hydrogen) atoms. The number of halogens is 1. The highest BCUT2D eigenvalue weighted by atomic mass is 127. The summed E-state index contributed by atoms with van der Waals surface area (Å²) in [5.41, 5.74) is 2.82. The number of aliphatic hydroxyl groups excluding tert-OH is 1. The molecular formula is C22H33IN4O3S. The van der Waals surface area contributed by atoms with Crippen LogP contribution in [0.2, 0.25) is 0 Å². The molecule has 0 bridgehead atoms. The summed E-state index contributed by atoms with van der Waals surface area (Å²) in [4.78, 5) is 4.22. The van der Waals surface area contributed by atoms with Crippen molar-refractivity contribution in [3.8, 4) is 0 Å². The highest BCUT2D eigenvalue weighted by molar-refractivity contribution is 14.0. The number of sulfonamides is 1. The van der Waals surface area contributed by atoms with E-state index in [1.807, 2.05) is 54.6 Å². The van der Waals surface area contributed by atoms with Crippen molar-refractivity contribution in [2.24, 2.45) is 4.99 Å². The number of hydrogen-bond donors (Lipinski definition) is 4. The number of aliphatic hydroxyl groups is 1. The van der Waals surface area contributed by atoms with Crippen molar-refractivity contribution in [2.45, 2.75) is 38.1 Å². The zero-order chi connectivity index (χ0) is 22.0. The molecule has 2 rings (SSSR count). The van der Waals surface area contributed by atoms with Crippen molar-refractivity contribution in [2.75, 3.05) is 20.2 Å². The summed E-state index contributed by atoms with van der Waals surface area (Å²) >= 11 is 0. The Kier molecular flexibility index (Phi) is 12.1. The van der Waals surface area contributed by atoms with Crippen LogP contribution in [0.1, 0.15) is 36.5 Å². The predicted octanol–water partition coefficient (Wildman–Crippen LogP) is 2.57. The van der Waals surface area contributed by atoms with E-state index in [9.17, 15) is 13.5 Å². The Hall–Kier alpha value is -1.69. The molecule has 0 aliphatic rings. The molecular weight excluding hydrogens is 527 g/mol. The van der Waals surface area contributed by atoms with E-state index in [0.717, 1.165) is 16.7 Å². The Morgan fingerprint density at radius 3 is 2.16 bits per heavy atom. The minimum Gasteiger partial charge on any atom is -0.396 e. The van der Waals surface area contributed by atoms with E-state index in [1.54, 1.807) is 20.9 Å². The first-order chi connectivity index (χ1) is 14.3. The monoisotopic (exact) mass is 560 g/mol. The second-order valence-corrected chi connectivity index (χ2v) is 9.20. The van der Waals surface area contributed by atoms with Gasteiger partial charge in [-0.15, -0.1) is 24.0 Å². The Labute approximate surface area is 202 Å². The zero-order valence-corrected chi connectivity index (χ0v) is 21.4. The molecule has 2 aromatic rings. The molecule has 0 spiro atoms. The Bertz CT molecular complexity index is 904. The topological polar surface area (TPSA) is 103 Å². The van der Waals surface area contributed by atoms with Crippen LogP contribution in [0.15, 0.2) is 59.6 Å². The van der Waals surface area contributed by atoms with Crippen LogP contribution in [0.4, 0.5) is 0 Å². The van der Waals surface area contributed by atoms with E-state index >= 15 is 0 Å². The molecule has 0 amide bonds. The van der Waals surface area contributed by atoms with Gasteiger partial charge in [0.15, 0.2) is 5.96 Å². The van der Waals surface area contributed by atoms with Crippen LogP contribution in [0, 0.1) is 0 Å². The summed E-state index contributed by atoms with van der Waals surface area (Å²) in [6.45, 7) is 4.75. The molecule has 0 fully saturated rings. The molecule has 7 nitrogen and oxygen atoms in total. The lowest BCUT2D eigenvalue weighted by Gasteiger charge is -2.18. The minimum atomic E-state index is -3.33. The van der Waals surface area contributed by atoms with Crippen molar-refractivity contribution in [3.05, 3.63) is 71.3 Å². The summed E-state index contributed by atoms with van der Waals surface area (Å²) < 4.78 is 26.7. The first kappa shape index (κ1) is 27.3. The van der Waals surface area contributed by atoms with Gasteiger partial charge in [-0.05, 0) is 30.5 Å². The summed E-state index contributed by atoms with van der Waals surface area (Å²) in [5, 5.41) is 16.2. The van der Waals surface area contributed by atoms with Crippen LogP contribution in [-0.2, 0) is 22.3 Å². The van der Waals surface area contributed by atoms with Crippen molar-refractivity contribution >= 4 is 40.0 Å². The number of nitrogens with one attached hydrogen (secondary N) is 3. The molecule has 0 saturated heterocycles. The van der Waals surface area contributed by atoms with E-state index in [0.29, 0.717) is 19.0 Å². The van der Waals surface area contributed by atoms with Crippen LogP contribution >= 0.6 is 24.0 Å². The van der Waals surface area contributed by atoms with E-state index < -0.39 is 10.0 Å². The fraction of sp³-hybridized carbons (Fsp3) is 0.409. The van der Waals surface area contributed by atoms with Gasteiger partial charge in [0, 0.05) is 32.1 Å². The summed E-state index contributed by atoms with van der Waals surface area (Å²) in [6.07, 6.45) is 0. The smallest absolute Gasteiger partial charge is 0.216 e. The molecule has 0 aliphatic carbocycles. The largest absolute Gasteiger partial charge is 0.396 e. The highest BCUT2D eigenvalue weighted by Crippen LogP contribution is 2.13. The van der Waals surface area contributed by atoms with Gasteiger partial charge < -0.3 is 15.7 Å². The van der Waals surface area contributed by atoms with E-state index in [1.165, 1.54) is 0 Å². The lowest BCUT2D eigenvalue weighted by Crippen LogP contribution is -2.39. The second-order valence-electron chi connectivity index (χ2n) is 7.44. The average molecular weight is 561 g/mol. The highest BCUT2D eigenvalue weighted by Gasteiger charge is 2.13. The second kappa shape index (κ2) is 13.7. The standard InChI is InChI=1S/C22H32N4O3S.HI/c1-17(2)26-30(28,29)16-19-11-9-18(10-12-19)13-24-22(23-3)25-14-21(15-27)20-7-5-4-6-8-20;/h4-12,17,21,26-27H,13-16H2,1-3H3,(H2,23,24,25);1H. The van der Waals surface area contributed by atoms with Gasteiger partial charge in [0.05, 0.1) is 12.4 Å². The van der Waals surface area contributed by atoms with E-state index in [2.05, 4.69) is 20.3 Å². The van der Waals surface area contributed by atoms with Crippen molar-refractivity contribution in [1.29, 1.82) is 0 Å². The lowest BCUT2D eigenvalue weighted by molar-refractivity contribution is 0.265. The van der Waals surface area contributed by atoms with E-state index in [-0.39, 0.29) is 48.3 Å². The first-order valence-corrected chi connectivity index (χ1v) is 11.7. The van der Waals surface area contributed by atoms with E-state index in [4.69, 9.17) is 0 Å². The summed E-state index contributed by atoms with van der Waals surface area (Å²) in [5.74, 6) is 0.576. The predicted molar refractivity (Wildman–Crippen MR) is 137 cm³/mol. The van der Waals surface area contributed by atoms with Crippen LogP contribution in [0.25, 0.3) is 0 Å². The lowest BCUT2D eigenvalue weighted by atomic mass is 10.0. The number of aliphatic imine (C=N–C) groups is 1. The van der Waals surface area contributed by atoms with Crippen LogP contribution < -0.4 is 15.4 Å². The van der Waals surface area contributed by atoms with Gasteiger partial charge in [0.1, 0.15) is 0 Å². The number of rotatable bonds is 10. The molecule has 0 saturated carbocycles. The first-order valence-electron chi connectivity index (χ1n) is 10.0. The van der Waals surface area contributed by atoms with Gasteiger partial charge in [-0.1, -0.05) is 54.6 Å². The van der Waals surface area contributed by atoms with Crippen LogP contribution in [-0.4, -0.2) is 45.7 Å². The Morgan fingerprint density at radius 2 is 1.61 bits per heavy atom. The number of guanidine groups is 1. The molecule has 0 heterocycles. The van der Waals surface area contributed by atoms with Crippen molar-refractivity contribution in [1.82, 2.24) is 15.4 Å². The number of hydrogen-bond acceptors (Lipinski definition) is 4. The molecule has 0 aromatic heterocycles. The third-order valence-corrected chi connectivity index (χ3v) is 6.03. The fourth-order valence-electron chi connectivity index (χ4n) is 3.01. The van der Waals surface area contributed by atoms with Gasteiger partial charge in [-0.3, -0.25) is 4.99 Å². The normalized spacial score (nSPS) is 12.9. The minimum absolute atomic E-state index is 0. The third-order valence-electron chi connectivity index (χ3n) is 4.49. The Balaban J connectivity index is 0.00000480. The van der Waals surface area contributed by atoms with Crippen LogP contribution in [0.3, 0.4) is 0 Å². The molecule has 0 radical (unpaired) electrons. The average Bonchev–Trinajstić information content (AvgIpc) is 2.71. The maximum Gasteiger partial charge on any atom is 0.216 e. The van der Waals surface area contributed by atoms with Crippen LogP contribution in [0.5, 0.6) is 0 Å². The van der Waals surface area contributed by atoms with Gasteiger partial charge in [0.2, 0.25) is 10.0 Å². The molecule has 2 aromatic carbocycles. The Morgan fingerprint density at radius 1 is 1.00 bits per heavy atom. The van der Waals surface area contributed by atoms with Gasteiger partial charge >= 0.3 is 0 Å². The third kappa shape index (κ3) is 9.98. The molecule has 1 unspecified atom stereocenters. The number of benzene rings is 2. The van der Waals surface area contributed by atoms with Gasteiger partial charge in [-0.2, -0.15) is 0 Å². The van der Waals surface area contributed by atoms with Gasteiger partial charge in [-0.25, -0.2) is 13.1 Å². The fourth-order valence-corrected chi connectivity index (χ4v) is 4.45. The summed E-state index contributed by atoms with van der Waals surface area (Å²) in [7, 11) is -1.64. The maximum absolute atomic E-state index is 12.0. The molecule has 1 atom stereocenters. The molecule has 0 aliphatic heterocycles. The molecule has 9 heteroatoms. The SMILES string of the molecule is CN=C(NCc1ccc(CS(=O)(=O)NC(C)C)cc1)NCC(CO)c1ccccc1.I. The van der Waals surface area contributed by atoms with Gasteiger partial charge in [0.25, 0.3) is 0 Å².